The second kappa shape index (κ2) is 7.27. The molecule has 0 spiro atoms. The lowest BCUT2D eigenvalue weighted by atomic mass is 10.0. The number of nitrogens with one attached hydrogen (secondary N) is 1. The predicted octanol–water partition coefficient (Wildman–Crippen LogP) is 1.52. The molecular weight excluding hydrogens is 294 g/mol. The van der Waals surface area contributed by atoms with Crippen LogP contribution in [0, 0.1) is 0 Å². The molecular formula is C17H25N3O3. The summed E-state index contributed by atoms with van der Waals surface area (Å²) in [5.41, 5.74) is 0.975. The van der Waals surface area contributed by atoms with Crippen molar-refractivity contribution in [1.29, 1.82) is 0 Å². The van der Waals surface area contributed by atoms with E-state index in [1.807, 2.05) is 12.1 Å². The lowest BCUT2D eigenvalue weighted by Gasteiger charge is -2.23. The van der Waals surface area contributed by atoms with E-state index < -0.39 is 0 Å². The Bertz CT molecular complexity index is 530. The van der Waals surface area contributed by atoms with Crippen LogP contribution >= 0.6 is 0 Å². The van der Waals surface area contributed by atoms with Crippen molar-refractivity contribution in [3.05, 3.63) is 23.9 Å². The zero-order chi connectivity index (χ0) is 16.2. The Morgan fingerprint density at radius 2 is 2.26 bits per heavy atom. The first-order valence-electron chi connectivity index (χ1n) is 8.36. The highest BCUT2D eigenvalue weighted by Crippen LogP contribution is 2.30. The molecule has 1 saturated carbocycles. The van der Waals surface area contributed by atoms with Gasteiger partial charge in [0.2, 0.25) is 11.8 Å². The smallest absolute Gasteiger partial charge is 0.234 e. The Kier molecular flexibility index (Phi) is 5.13. The Morgan fingerprint density at radius 1 is 1.43 bits per heavy atom. The third-order valence-corrected chi connectivity index (χ3v) is 4.55. The minimum Gasteiger partial charge on any atom is -0.481 e. The van der Waals surface area contributed by atoms with Crippen LogP contribution in [0.1, 0.15) is 37.9 Å². The lowest BCUT2D eigenvalue weighted by molar-refractivity contribution is -0.123. The van der Waals surface area contributed by atoms with Crippen LogP contribution in [0.5, 0.6) is 5.88 Å². The molecule has 0 aromatic carbocycles. The maximum absolute atomic E-state index is 12.3. The van der Waals surface area contributed by atoms with Gasteiger partial charge in [-0.25, -0.2) is 4.98 Å². The lowest BCUT2D eigenvalue weighted by Crippen LogP contribution is -2.43. The molecule has 1 aromatic rings. The average molecular weight is 319 g/mol. The summed E-state index contributed by atoms with van der Waals surface area (Å²) in [7, 11) is 1.59. The molecule has 6 heteroatoms. The molecule has 6 nitrogen and oxygen atoms in total. The number of methoxy groups -OCH3 is 1. The van der Waals surface area contributed by atoms with Crippen LogP contribution in [0.4, 0.5) is 0 Å². The molecule has 1 N–H and O–H groups in total. The zero-order valence-corrected chi connectivity index (χ0v) is 13.8. The van der Waals surface area contributed by atoms with Crippen molar-refractivity contribution in [3.8, 4) is 5.88 Å². The highest BCUT2D eigenvalue weighted by Gasteiger charge is 2.33. The molecule has 1 amide bonds. The fourth-order valence-corrected chi connectivity index (χ4v) is 3.12. The molecule has 126 valence electrons. The molecule has 3 rings (SSSR count). The Labute approximate surface area is 137 Å². The highest BCUT2D eigenvalue weighted by molar-refractivity contribution is 5.78. The van der Waals surface area contributed by atoms with Gasteiger partial charge in [0.05, 0.1) is 19.7 Å². The van der Waals surface area contributed by atoms with E-state index in [1.54, 1.807) is 13.3 Å². The largest absolute Gasteiger partial charge is 0.481 e. The molecule has 2 heterocycles. The van der Waals surface area contributed by atoms with Crippen LogP contribution in [0.15, 0.2) is 18.3 Å². The van der Waals surface area contributed by atoms with Crippen LogP contribution < -0.4 is 10.1 Å². The van der Waals surface area contributed by atoms with E-state index >= 15 is 0 Å². The van der Waals surface area contributed by atoms with E-state index in [0.29, 0.717) is 25.1 Å². The molecule has 2 atom stereocenters. The van der Waals surface area contributed by atoms with Crippen molar-refractivity contribution in [2.45, 2.75) is 44.4 Å². The van der Waals surface area contributed by atoms with Gasteiger partial charge in [0.15, 0.2) is 0 Å². The number of hydrogen-bond acceptors (Lipinski definition) is 5. The van der Waals surface area contributed by atoms with E-state index in [4.69, 9.17) is 9.47 Å². The summed E-state index contributed by atoms with van der Waals surface area (Å²) in [5.74, 6) is 0.663. The summed E-state index contributed by atoms with van der Waals surface area (Å²) in [6.07, 6.45) is 4.89. The molecule has 23 heavy (non-hydrogen) atoms. The molecule has 2 aliphatic rings. The summed E-state index contributed by atoms with van der Waals surface area (Å²) in [4.78, 5) is 18.8. The first kappa shape index (κ1) is 16.2. The Morgan fingerprint density at radius 3 is 2.87 bits per heavy atom. The number of aromatic nitrogens is 1. The molecule has 2 fully saturated rings. The average Bonchev–Trinajstić information content (AvgIpc) is 3.32. The molecule has 1 aliphatic carbocycles. The number of ether oxygens (including phenoxy) is 2. The number of likely N-dealkylation sites (N-methyl/N-ethyl adjacent to an activating group) is 1. The third-order valence-electron chi connectivity index (χ3n) is 4.55. The van der Waals surface area contributed by atoms with Gasteiger partial charge in [-0.2, -0.15) is 0 Å². The van der Waals surface area contributed by atoms with Gasteiger partial charge in [-0.15, -0.1) is 0 Å². The molecule has 0 bridgehead atoms. The van der Waals surface area contributed by atoms with E-state index in [-0.39, 0.29) is 18.1 Å². The summed E-state index contributed by atoms with van der Waals surface area (Å²) in [6.45, 7) is 4.16. The van der Waals surface area contributed by atoms with Gasteiger partial charge in [0.1, 0.15) is 6.10 Å². The summed E-state index contributed by atoms with van der Waals surface area (Å²) < 4.78 is 10.9. The fraction of sp³-hybridized carbons (Fsp3) is 0.647. The standard InChI is InChI=1S/C17H25N3O3/c1-3-20(13-5-6-13)11-15(21)19-14-8-9-23-17(14)12-4-7-16(22-2)18-10-12/h4,7,10,13-14,17H,3,5-6,8-9,11H2,1-2H3,(H,19,21)/t14-,17+/m0/s1. The minimum atomic E-state index is -0.131. The van der Waals surface area contributed by atoms with Crippen LogP contribution in [-0.2, 0) is 9.53 Å². The molecule has 0 radical (unpaired) electrons. The maximum atomic E-state index is 12.3. The monoisotopic (exact) mass is 319 g/mol. The topological polar surface area (TPSA) is 63.7 Å². The number of rotatable bonds is 7. The first-order valence-corrected chi connectivity index (χ1v) is 8.36. The van der Waals surface area contributed by atoms with Gasteiger partial charge in [0, 0.05) is 30.5 Å². The number of nitrogens with zero attached hydrogens (tertiary/aromatic N) is 2. The maximum Gasteiger partial charge on any atom is 0.234 e. The van der Waals surface area contributed by atoms with Crippen LogP contribution in [0.25, 0.3) is 0 Å². The number of amides is 1. The highest BCUT2D eigenvalue weighted by atomic mass is 16.5. The Hall–Kier alpha value is -1.66. The van der Waals surface area contributed by atoms with Gasteiger partial charge >= 0.3 is 0 Å². The van der Waals surface area contributed by atoms with Crippen LogP contribution in [0.2, 0.25) is 0 Å². The van der Waals surface area contributed by atoms with Crippen LogP contribution in [-0.4, -0.2) is 54.7 Å². The van der Waals surface area contributed by atoms with Crippen molar-refractivity contribution in [2.75, 3.05) is 26.8 Å². The minimum absolute atomic E-state index is 0.00982. The summed E-state index contributed by atoms with van der Waals surface area (Å²) >= 11 is 0. The first-order chi connectivity index (χ1) is 11.2. The SMILES string of the molecule is CCN(CC(=O)N[C@H]1CCO[C@@H]1c1ccc(OC)nc1)C1CC1. The Balaban J connectivity index is 1.58. The fourth-order valence-electron chi connectivity index (χ4n) is 3.12. The van der Waals surface area contributed by atoms with E-state index in [1.165, 1.54) is 12.8 Å². The van der Waals surface area contributed by atoms with Crippen molar-refractivity contribution >= 4 is 5.91 Å². The zero-order valence-electron chi connectivity index (χ0n) is 13.8. The second-order valence-corrected chi connectivity index (χ2v) is 6.18. The predicted molar refractivity (Wildman–Crippen MR) is 86.3 cm³/mol. The van der Waals surface area contributed by atoms with Crippen molar-refractivity contribution < 1.29 is 14.3 Å². The normalized spacial score (nSPS) is 24.0. The van der Waals surface area contributed by atoms with Crippen molar-refractivity contribution in [1.82, 2.24) is 15.2 Å². The third kappa shape index (κ3) is 4.00. The number of carbonyl (C=O) groups excluding carboxylic acids is 1. The van der Waals surface area contributed by atoms with Crippen molar-refractivity contribution in [3.63, 3.8) is 0 Å². The van der Waals surface area contributed by atoms with E-state index in [0.717, 1.165) is 18.5 Å². The number of hydrogen-bond donors (Lipinski definition) is 1. The van der Waals surface area contributed by atoms with E-state index in [9.17, 15) is 4.79 Å². The van der Waals surface area contributed by atoms with Gasteiger partial charge in [-0.05, 0) is 31.9 Å². The summed E-state index contributed by atoms with van der Waals surface area (Å²) in [6, 6.07) is 4.38. The summed E-state index contributed by atoms with van der Waals surface area (Å²) in [5, 5.41) is 3.14. The van der Waals surface area contributed by atoms with Gasteiger partial charge in [0.25, 0.3) is 0 Å². The number of carbonyl (C=O) groups is 1. The van der Waals surface area contributed by atoms with Gasteiger partial charge < -0.3 is 14.8 Å². The van der Waals surface area contributed by atoms with Gasteiger partial charge in [-0.1, -0.05) is 6.92 Å². The number of pyridine rings is 1. The van der Waals surface area contributed by atoms with Crippen molar-refractivity contribution in [2.24, 2.45) is 0 Å². The molecule has 1 aliphatic heterocycles. The molecule has 0 unspecified atom stereocenters. The second-order valence-electron chi connectivity index (χ2n) is 6.18. The van der Waals surface area contributed by atoms with E-state index in [2.05, 4.69) is 22.1 Å². The van der Waals surface area contributed by atoms with Crippen LogP contribution in [0.3, 0.4) is 0 Å². The molecule has 1 aromatic heterocycles. The molecule has 1 saturated heterocycles. The van der Waals surface area contributed by atoms with Gasteiger partial charge in [-0.3, -0.25) is 9.69 Å². The quantitative estimate of drug-likeness (QED) is 0.825.